The van der Waals surface area contributed by atoms with Gasteiger partial charge in [0.2, 0.25) is 0 Å². The molecule has 19 heavy (non-hydrogen) atoms. The highest BCUT2D eigenvalue weighted by Crippen LogP contribution is 2.19. The van der Waals surface area contributed by atoms with Crippen LogP contribution in [0.4, 0.5) is 0 Å². The summed E-state index contributed by atoms with van der Waals surface area (Å²) in [6.45, 7) is 7.51. The number of carbonyl (C=O) groups excluding carboxylic acids is 3. The SMILES string of the molecule is C=C(C)C(=O)OCC(O)CN1C(=O)C(C)=C(C)C1=O. The van der Waals surface area contributed by atoms with Gasteiger partial charge in [-0.25, -0.2) is 4.79 Å². The van der Waals surface area contributed by atoms with Gasteiger partial charge in [-0.3, -0.25) is 14.5 Å². The number of aliphatic hydroxyl groups is 1. The topological polar surface area (TPSA) is 83.9 Å². The summed E-state index contributed by atoms with van der Waals surface area (Å²) < 4.78 is 4.75. The van der Waals surface area contributed by atoms with E-state index in [1.807, 2.05) is 0 Å². The van der Waals surface area contributed by atoms with E-state index in [1.54, 1.807) is 13.8 Å². The lowest BCUT2D eigenvalue weighted by Gasteiger charge is -2.19. The van der Waals surface area contributed by atoms with Crippen LogP contribution in [0.3, 0.4) is 0 Å². The van der Waals surface area contributed by atoms with Gasteiger partial charge in [0.1, 0.15) is 12.7 Å². The number of amides is 2. The van der Waals surface area contributed by atoms with Crippen molar-refractivity contribution in [3.8, 4) is 0 Å². The van der Waals surface area contributed by atoms with Crippen LogP contribution < -0.4 is 0 Å². The van der Waals surface area contributed by atoms with Crippen molar-refractivity contribution < 1.29 is 24.2 Å². The van der Waals surface area contributed by atoms with E-state index in [-0.39, 0.29) is 18.7 Å². The predicted molar refractivity (Wildman–Crippen MR) is 66.9 cm³/mol. The molecular weight excluding hydrogens is 250 g/mol. The van der Waals surface area contributed by atoms with Crippen molar-refractivity contribution in [3.63, 3.8) is 0 Å². The molecule has 0 saturated heterocycles. The van der Waals surface area contributed by atoms with Gasteiger partial charge in [0.25, 0.3) is 11.8 Å². The maximum absolute atomic E-state index is 11.7. The molecule has 0 aromatic heterocycles. The van der Waals surface area contributed by atoms with Crippen LogP contribution in [0.2, 0.25) is 0 Å². The minimum Gasteiger partial charge on any atom is -0.460 e. The first-order chi connectivity index (χ1) is 8.75. The van der Waals surface area contributed by atoms with E-state index >= 15 is 0 Å². The number of hydrogen-bond donors (Lipinski definition) is 1. The number of β-amino-alcohol motifs (C(OH)–C–C–N with tert-alkyl or cyclic N) is 1. The average molecular weight is 267 g/mol. The maximum atomic E-state index is 11.7. The highest BCUT2D eigenvalue weighted by Gasteiger charge is 2.34. The van der Waals surface area contributed by atoms with Crippen molar-refractivity contribution in [2.24, 2.45) is 0 Å². The van der Waals surface area contributed by atoms with E-state index in [0.717, 1.165) is 4.90 Å². The second-order valence-corrected chi connectivity index (χ2v) is 4.50. The molecule has 1 N–H and O–H groups in total. The number of hydrogen-bond acceptors (Lipinski definition) is 5. The molecule has 1 heterocycles. The van der Waals surface area contributed by atoms with E-state index in [4.69, 9.17) is 4.74 Å². The van der Waals surface area contributed by atoms with E-state index in [2.05, 4.69) is 6.58 Å². The number of ether oxygens (including phenoxy) is 1. The lowest BCUT2D eigenvalue weighted by atomic mass is 10.2. The molecule has 1 unspecified atom stereocenters. The molecule has 0 fully saturated rings. The first-order valence-corrected chi connectivity index (χ1v) is 5.80. The third-order valence-electron chi connectivity index (χ3n) is 2.84. The van der Waals surface area contributed by atoms with Crippen LogP contribution in [0.15, 0.2) is 23.3 Å². The Labute approximate surface area is 111 Å². The fraction of sp³-hybridized carbons (Fsp3) is 0.462. The van der Waals surface area contributed by atoms with Crippen molar-refractivity contribution >= 4 is 17.8 Å². The Morgan fingerprint density at radius 2 is 1.79 bits per heavy atom. The second-order valence-electron chi connectivity index (χ2n) is 4.50. The molecule has 6 heteroatoms. The smallest absolute Gasteiger partial charge is 0.333 e. The van der Waals surface area contributed by atoms with Gasteiger partial charge in [-0.15, -0.1) is 0 Å². The monoisotopic (exact) mass is 267 g/mol. The summed E-state index contributed by atoms with van der Waals surface area (Å²) in [5, 5.41) is 9.68. The van der Waals surface area contributed by atoms with Gasteiger partial charge in [0.15, 0.2) is 0 Å². The zero-order chi connectivity index (χ0) is 14.7. The van der Waals surface area contributed by atoms with Crippen LogP contribution in [0.1, 0.15) is 20.8 Å². The number of carbonyl (C=O) groups is 3. The fourth-order valence-corrected chi connectivity index (χ4v) is 1.54. The molecule has 0 bridgehead atoms. The number of aliphatic hydroxyl groups excluding tert-OH is 1. The molecule has 0 aliphatic carbocycles. The second kappa shape index (κ2) is 5.79. The molecule has 1 rings (SSSR count). The zero-order valence-corrected chi connectivity index (χ0v) is 11.2. The van der Waals surface area contributed by atoms with Crippen LogP contribution in [-0.4, -0.2) is 47.0 Å². The highest BCUT2D eigenvalue weighted by atomic mass is 16.5. The Morgan fingerprint density at radius 1 is 1.32 bits per heavy atom. The Balaban J connectivity index is 2.53. The molecule has 1 aliphatic heterocycles. The highest BCUT2D eigenvalue weighted by molar-refractivity contribution is 6.18. The van der Waals surface area contributed by atoms with E-state index in [1.165, 1.54) is 6.92 Å². The van der Waals surface area contributed by atoms with Gasteiger partial charge in [0, 0.05) is 16.7 Å². The molecule has 6 nitrogen and oxygen atoms in total. The van der Waals surface area contributed by atoms with Crippen molar-refractivity contribution in [2.75, 3.05) is 13.2 Å². The molecule has 0 saturated carbocycles. The van der Waals surface area contributed by atoms with Crippen LogP contribution >= 0.6 is 0 Å². The first kappa shape index (κ1) is 15.1. The molecular formula is C13H17NO5. The van der Waals surface area contributed by atoms with Crippen LogP contribution in [0, 0.1) is 0 Å². The third-order valence-corrected chi connectivity index (χ3v) is 2.84. The van der Waals surface area contributed by atoms with Gasteiger partial charge in [0.05, 0.1) is 6.54 Å². The Bertz CT molecular complexity index is 453. The van der Waals surface area contributed by atoms with Crippen molar-refractivity contribution in [3.05, 3.63) is 23.3 Å². The van der Waals surface area contributed by atoms with E-state index in [9.17, 15) is 19.5 Å². The standard InChI is InChI=1S/C13H17NO5/c1-7(2)13(18)19-6-10(15)5-14-11(16)8(3)9(4)12(14)17/h10,15H,1,5-6H2,2-4H3. The molecule has 1 atom stereocenters. The molecule has 0 spiro atoms. The largest absolute Gasteiger partial charge is 0.460 e. The van der Waals surface area contributed by atoms with Gasteiger partial charge in [-0.2, -0.15) is 0 Å². The van der Waals surface area contributed by atoms with Crippen molar-refractivity contribution in [1.29, 1.82) is 0 Å². The number of rotatable bonds is 5. The first-order valence-electron chi connectivity index (χ1n) is 5.80. The van der Waals surface area contributed by atoms with Crippen LogP contribution in [0.25, 0.3) is 0 Å². The summed E-state index contributed by atoms with van der Waals surface area (Å²) in [6.07, 6.45) is -1.12. The van der Waals surface area contributed by atoms with E-state index < -0.39 is 23.9 Å². The van der Waals surface area contributed by atoms with Gasteiger partial charge in [-0.1, -0.05) is 6.58 Å². The van der Waals surface area contributed by atoms with E-state index in [0.29, 0.717) is 11.1 Å². The quantitative estimate of drug-likeness (QED) is 0.436. The Kier molecular flexibility index (Phi) is 4.61. The average Bonchev–Trinajstić information content (AvgIpc) is 2.53. The maximum Gasteiger partial charge on any atom is 0.333 e. The normalized spacial score (nSPS) is 16.9. The van der Waals surface area contributed by atoms with Crippen LogP contribution in [-0.2, 0) is 19.1 Å². The third kappa shape index (κ3) is 3.29. The molecule has 0 aromatic rings. The summed E-state index contributed by atoms with van der Waals surface area (Å²) in [4.78, 5) is 35.5. The Hall–Kier alpha value is -1.95. The number of nitrogens with zero attached hydrogens (tertiary/aromatic N) is 1. The molecule has 104 valence electrons. The molecule has 1 aliphatic rings. The molecule has 2 amide bonds. The van der Waals surface area contributed by atoms with Crippen molar-refractivity contribution in [1.82, 2.24) is 4.90 Å². The predicted octanol–water partition coefficient (Wildman–Crippen LogP) is 0.172. The summed E-state index contributed by atoms with van der Waals surface area (Å²) >= 11 is 0. The minimum absolute atomic E-state index is 0.199. The molecule has 0 aromatic carbocycles. The fourth-order valence-electron chi connectivity index (χ4n) is 1.54. The van der Waals surface area contributed by atoms with Crippen molar-refractivity contribution in [2.45, 2.75) is 26.9 Å². The number of esters is 1. The summed E-state index contributed by atoms with van der Waals surface area (Å²) in [5.74, 6) is -1.47. The minimum atomic E-state index is -1.12. The lowest BCUT2D eigenvalue weighted by molar-refractivity contribution is -0.144. The van der Waals surface area contributed by atoms with Crippen LogP contribution in [0.5, 0.6) is 0 Å². The number of imide groups is 1. The summed E-state index contributed by atoms with van der Waals surface area (Å²) in [5.41, 5.74) is 0.959. The van der Waals surface area contributed by atoms with Gasteiger partial charge >= 0.3 is 5.97 Å². The Morgan fingerprint density at radius 3 is 2.21 bits per heavy atom. The lowest BCUT2D eigenvalue weighted by Crippen LogP contribution is -2.40. The van der Waals surface area contributed by atoms with Gasteiger partial charge in [-0.05, 0) is 20.8 Å². The zero-order valence-electron chi connectivity index (χ0n) is 11.2. The summed E-state index contributed by atoms with van der Waals surface area (Å²) in [6, 6.07) is 0. The van der Waals surface area contributed by atoms with Gasteiger partial charge < -0.3 is 9.84 Å². The molecule has 0 radical (unpaired) electrons. The summed E-state index contributed by atoms with van der Waals surface area (Å²) in [7, 11) is 0.